The SMILES string of the molecule is CCn1c(-c2ccccc2)c(C)sc1=NCc1ccccc1. The molecule has 2 nitrogen and oxygen atoms in total. The molecule has 22 heavy (non-hydrogen) atoms. The van der Waals surface area contributed by atoms with Crippen molar-refractivity contribution in [3.8, 4) is 11.3 Å². The summed E-state index contributed by atoms with van der Waals surface area (Å²) in [5.74, 6) is 0. The van der Waals surface area contributed by atoms with Gasteiger partial charge < -0.3 is 4.57 Å². The summed E-state index contributed by atoms with van der Waals surface area (Å²) < 4.78 is 2.32. The number of thiazole rings is 1. The minimum Gasteiger partial charge on any atom is -0.317 e. The van der Waals surface area contributed by atoms with Gasteiger partial charge in [0.05, 0.1) is 12.2 Å². The lowest BCUT2D eigenvalue weighted by Crippen LogP contribution is -2.15. The van der Waals surface area contributed by atoms with Crippen molar-refractivity contribution in [3.63, 3.8) is 0 Å². The fraction of sp³-hybridized carbons (Fsp3) is 0.211. The third kappa shape index (κ3) is 3.04. The van der Waals surface area contributed by atoms with E-state index >= 15 is 0 Å². The Hall–Kier alpha value is -2.13. The highest BCUT2D eigenvalue weighted by atomic mass is 32.1. The van der Waals surface area contributed by atoms with Crippen LogP contribution in [-0.2, 0) is 13.1 Å². The van der Waals surface area contributed by atoms with Gasteiger partial charge in [-0.15, -0.1) is 11.3 Å². The highest BCUT2D eigenvalue weighted by Gasteiger charge is 2.10. The van der Waals surface area contributed by atoms with E-state index in [0.717, 1.165) is 17.9 Å². The Labute approximate surface area is 135 Å². The number of hydrogen-bond acceptors (Lipinski definition) is 2. The molecule has 0 N–H and O–H groups in total. The predicted molar refractivity (Wildman–Crippen MR) is 93.9 cm³/mol. The molecule has 112 valence electrons. The van der Waals surface area contributed by atoms with Crippen LogP contribution < -0.4 is 4.80 Å². The average Bonchev–Trinajstić information content (AvgIpc) is 2.90. The highest BCUT2D eigenvalue weighted by Crippen LogP contribution is 2.24. The quantitative estimate of drug-likeness (QED) is 0.668. The Balaban J connectivity index is 2.03. The van der Waals surface area contributed by atoms with Gasteiger partial charge in [0.15, 0.2) is 4.80 Å². The molecule has 0 aliphatic rings. The van der Waals surface area contributed by atoms with Gasteiger partial charge in [0.1, 0.15) is 0 Å². The zero-order chi connectivity index (χ0) is 15.4. The lowest BCUT2D eigenvalue weighted by molar-refractivity contribution is 0.730. The molecule has 0 unspecified atom stereocenters. The van der Waals surface area contributed by atoms with Crippen LogP contribution in [0.15, 0.2) is 65.7 Å². The monoisotopic (exact) mass is 308 g/mol. The van der Waals surface area contributed by atoms with Gasteiger partial charge in [-0.3, -0.25) is 4.99 Å². The summed E-state index contributed by atoms with van der Waals surface area (Å²) in [5.41, 5.74) is 3.80. The van der Waals surface area contributed by atoms with Gasteiger partial charge in [-0.05, 0) is 25.0 Å². The summed E-state index contributed by atoms with van der Waals surface area (Å²) in [6, 6.07) is 21.0. The molecule has 0 aliphatic carbocycles. The number of nitrogens with zero attached hydrogens (tertiary/aromatic N) is 2. The molecular weight excluding hydrogens is 288 g/mol. The molecule has 3 heteroatoms. The van der Waals surface area contributed by atoms with Crippen LogP contribution in [0.3, 0.4) is 0 Å². The largest absolute Gasteiger partial charge is 0.317 e. The summed E-state index contributed by atoms with van der Waals surface area (Å²) in [5, 5.41) is 0. The van der Waals surface area contributed by atoms with Gasteiger partial charge in [-0.1, -0.05) is 60.7 Å². The summed E-state index contributed by atoms with van der Waals surface area (Å²) in [4.78, 5) is 7.25. The van der Waals surface area contributed by atoms with Crippen molar-refractivity contribution in [3.05, 3.63) is 75.9 Å². The van der Waals surface area contributed by atoms with E-state index in [0.29, 0.717) is 0 Å². The molecule has 0 saturated carbocycles. The average molecular weight is 308 g/mol. The van der Waals surface area contributed by atoms with E-state index in [1.165, 1.54) is 21.7 Å². The third-order valence-corrected chi connectivity index (χ3v) is 4.71. The zero-order valence-electron chi connectivity index (χ0n) is 13.0. The van der Waals surface area contributed by atoms with E-state index in [-0.39, 0.29) is 0 Å². The second kappa shape index (κ2) is 6.75. The standard InChI is InChI=1S/C19H20N2S/c1-3-21-18(17-12-8-5-9-13-17)15(2)22-19(21)20-14-16-10-6-4-7-11-16/h4-13H,3,14H2,1-2H3. The minimum absolute atomic E-state index is 0.731. The van der Waals surface area contributed by atoms with Crippen molar-refractivity contribution in [2.45, 2.75) is 26.9 Å². The molecule has 1 heterocycles. The summed E-state index contributed by atoms with van der Waals surface area (Å²) in [6.45, 7) is 6.03. The molecule has 0 aliphatic heterocycles. The lowest BCUT2D eigenvalue weighted by atomic mass is 10.1. The van der Waals surface area contributed by atoms with Crippen LogP contribution in [0.4, 0.5) is 0 Å². The van der Waals surface area contributed by atoms with Crippen LogP contribution >= 0.6 is 11.3 Å². The van der Waals surface area contributed by atoms with Gasteiger partial charge in [0.25, 0.3) is 0 Å². The molecule has 2 aromatic carbocycles. The topological polar surface area (TPSA) is 17.3 Å². The fourth-order valence-electron chi connectivity index (χ4n) is 2.63. The zero-order valence-corrected chi connectivity index (χ0v) is 13.8. The maximum absolute atomic E-state index is 4.84. The highest BCUT2D eigenvalue weighted by molar-refractivity contribution is 7.09. The molecule has 0 spiro atoms. The maximum atomic E-state index is 4.84. The second-order valence-corrected chi connectivity index (χ2v) is 6.38. The van der Waals surface area contributed by atoms with Crippen LogP contribution in [0.5, 0.6) is 0 Å². The molecule has 0 fully saturated rings. The molecule has 0 amide bonds. The van der Waals surface area contributed by atoms with E-state index in [1.54, 1.807) is 11.3 Å². The van der Waals surface area contributed by atoms with Gasteiger partial charge in [-0.25, -0.2) is 0 Å². The van der Waals surface area contributed by atoms with E-state index in [1.807, 2.05) is 6.07 Å². The van der Waals surface area contributed by atoms with Crippen molar-refractivity contribution in [2.75, 3.05) is 0 Å². The molecule has 0 radical (unpaired) electrons. The van der Waals surface area contributed by atoms with Crippen molar-refractivity contribution in [1.29, 1.82) is 0 Å². The van der Waals surface area contributed by atoms with E-state index in [9.17, 15) is 0 Å². The Morgan fingerprint density at radius 1 is 0.955 bits per heavy atom. The first-order chi connectivity index (χ1) is 10.8. The second-order valence-electron chi connectivity index (χ2n) is 5.20. The normalized spacial score (nSPS) is 11.8. The molecule has 0 saturated heterocycles. The van der Waals surface area contributed by atoms with Gasteiger partial charge in [0, 0.05) is 11.4 Å². The van der Waals surface area contributed by atoms with Crippen LogP contribution in [0.1, 0.15) is 17.4 Å². The number of hydrogen-bond donors (Lipinski definition) is 0. The molecular formula is C19H20N2S. The van der Waals surface area contributed by atoms with Crippen LogP contribution in [0, 0.1) is 6.92 Å². The van der Waals surface area contributed by atoms with Gasteiger partial charge in [-0.2, -0.15) is 0 Å². The smallest absolute Gasteiger partial charge is 0.185 e. The van der Waals surface area contributed by atoms with Crippen LogP contribution in [0.2, 0.25) is 0 Å². The van der Waals surface area contributed by atoms with E-state index in [2.05, 4.69) is 73.0 Å². The minimum atomic E-state index is 0.731. The number of aromatic nitrogens is 1. The summed E-state index contributed by atoms with van der Waals surface area (Å²) in [7, 11) is 0. The first kappa shape index (κ1) is 14.8. The maximum Gasteiger partial charge on any atom is 0.185 e. The Morgan fingerprint density at radius 3 is 2.23 bits per heavy atom. The molecule has 3 rings (SSSR count). The van der Waals surface area contributed by atoms with Crippen molar-refractivity contribution < 1.29 is 0 Å². The number of aryl methyl sites for hydroxylation is 1. The van der Waals surface area contributed by atoms with Gasteiger partial charge in [0.2, 0.25) is 0 Å². The van der Waals surface area contributed by atoms with E-state index in [4.69, 9.17) is 4.99 Å². The molecule has 1 aromatic heterocycles. The summed E-state index contributed by atoms with van der Waals surface area (Å²) in [6.07, 6.45) is 0. The van der Waals surface area contributed by atoms with Crippen molar-refractivity contribution in [1.82, 2.24) is 4.57 Å². The first-order valence-corrected chi connectivity index (χ1v) is 8.41. The lowest BCUT2D eigenvalue weighted by Gasteiger charge is -2.07. The van der Waals surface area contributed by atoms with Crippen molar-refractivity contribution in [2.24, 2.45) is 4.99 Å². The fourth-order valence-corrected chi connectivity index (χ4v) is 3.69. The van der Waals surface area contributed by atoms with Crippen LogP contribution in [-0.4, -0.2) is 4.57 Å². The van der Waals surface area contributed by atoms with Gasteiger partial charge >= 0.3 is 0 Å². The summed E-state index contributed by atoms with van der Waals surface area (Å²) >= 11 is 1.78. The Morgan fingerprint density at radius 2 is 1.59 bits per heavy atom. The van der Waals surface area contributed by atoms with E-state index < -0.39 is 0 Å². The number of rotatable bonds is 4. The Kier molecular flexibility index (Phi) is 4.54. The van der Waals surface area contributed by atoms with Crippen LogP contribution in [0.25, 0.3) is 11.3 Å². The third-order valence-electron chi connectivity index (χ3n) is 3.68. The Bertz CT molecular complexity index is 798. The molecule has 0 atom stereocenters. The first-order valence-electron chi connectivity index (χ1n) is 7.59. The number of benzene rings is 2. The predicted octanol–water partition coefficient (Wildman–Crippen LogP) is 4.65. The molecule has 0 bridgehead atoms. The van der Waals surface area contributed by atoms with Crippen molar-refractivity contribution >= 4 is 11.3 Å². The molecule has 3 aromatic rings.